The molecule has 3 aromatic rings. The summed E-state index contributed by atoms with van der Waals surface area (Å²) < 4.78 is 17.5. The fourth-order valence-corrected chi connectivity index (χ4v) is 5.01. The average Bonchev–Trinajstić information content (AvgIpc) is 3.36. The lowest BCUT2D eigenvalue weighted by Crippen LogP contribution is -2.51. The van der Waals surface area contributed by atoms with Gasteiger partial charge in [0, 0.05) is 27.4 Å². The van der Waals surface area contributed by atoms with E-state index in [9.17, 15) is 9.59 Å². The van der Waals surface area contributed by atoms with Crippen LogP contribution >= 0.6 is 23.8 Å². The number of esters is 1. The molecule has 0 fully saturated rings. The molecule has 9 heteroatoms. The molecular weight excluding hydrogens is 548 g/mol. The van der Waals surface area contributed by atoms with Crippen LogP contribution in [0.1, 0.15) is 52.0 Å². The Morgan fingerprint density at radius 2 is 1.90 bits per heavy atom. The van der Waals surface area contributed by atoms with Crippen molar-refractivity contribution in [1.29, 1.82) is 0 Å². The predicted molar refractivity (Wildman–Crippen MR) is 160 cm³/mol. The summed E-state index contributed by atoms with van der Waals surface area (Å²) in [5, 5.41) is 3.77. The topological polar surface area (TPSA) is 81.0 Å². The van der Waals surface area contributed by atoms with Gasteiger partial charge in [-0.05, 0) is 83.2 Å². The van der Waals surface area contributed by atoms with Crippen LogP contribution < -0.4 is 10.1 Å². The van der Waals surface area contributed by atoms with Crippen molar-refractivity contribution < 1.29 is 23.5 Å². The van der Waals surface area contributed by atoms with E-state index in [1.807, 2.05) is 56.3 Å². The number of carbonyl (C=O) groups excluding carboxylic acids is 2. The molecule has 0 bridgehead atoms. The molecule has 0 radical (unpaired) electrons. The van der Waals surface area contributed by atoms with Crippen molar-refractivity contribution in [1.82, 2.24) is 10.2 Å². The van der Waals surface area contributed by atoms with Crippen LogP contribution in [0.2, 0.25) is 5.02 Å². The Morgan fingerprint density at radius 3 is 2.60 bits per heavy atom. The molecule has 1 N–H and O–H groups in total. The summed E-state index contributed by atoms with van der Waals surface area (Å²) in [6.07, 6.45) is 1.51. The molecule has 1 atom stereocenters. The van der Waals surface area contributed by atoms with Crippen LogP contribution in [-0.4, -0.2) is 34.6 Å². The van der Waals surface area contributed by atoms with E-state index in [2.05, 4.69) is 5.32 Å². The van der Waals surface area contributed by atoms with Crippen LogP contribution in [0, 0.1) is 0 Å². The van der Waals surface area contributed by atoms with Crippen molar-refractivity contribution in [2.75, 3.05) is 6.61 Å². The van der Waals surface area contributed by atoms with Crippen LogP contribution in [0.15, 0.2) is 81.9 Å². The second-order valence-corrected chi connectivity index (χ2v) is 10.3. The molecule has 40 heavy (non-hydrogen) atoms. The number of nitrogens with zero attached hydrogens (tertiary/aromatic N) is 1. The maximum atomic E-state index is 14.0. The first kappa shape index (κ1) is 29.1. The summed E-state index contributed by atoms with van der Waals surface area (Å²) in [6.45, 7) is 9.15. The third kappa shape index (κ3) is 6.29. The molecule has 2 aromatic carbocycles. The number of hydrogen-bond donors (Lipinski definition) is 1. The molecule has 1 amide bonds. The molecule has 0 saturated heterocycles. The Bertz CT molecular complexity index is 1510. The molecule has 1 aromatic heterocycles. The lowest BCUT2D eigenvalue weighted by atomic mass is 9.92. The number of nitrogens with one attached hydrogen (secondary N) is 1. The van der Waals surface area contributed by atoms with Crippen molar-refractivity contribution in [2.45, 2.75) is 46.8 Å². The van der Waals surface area contributed by atoms with Gasteiger partial charge in [0.2, 0.25) is 0 Å². The number of amides is 1. The number of hydrogen-bond acceptors (Lipinski definition) is 6. The third-order valence-electron chi connectivity index (χ3n) is 6.17. The largest absolute Gasteiger partial charge is 0.491 e. The Labute approximate surface area is 244 Å². The van der Waals surface area contributed by atoms with E-state index in [0.29, 0.717) is 39.1 Å². The fourth-order valence-electron chi connectivity index (χ4n) is 4.48. The summed E-state index contributed by atoms with van der Waals surface area (Å²) in [7, 11) is 0. The lowest BCUT2D eigenvalue weighted by molar-refractivity contribution is -0.139. The molecule has 1 aliphatic heterocycles. The molecule has 1 aliphatic rings. The van der Waals surface area contributed by atoms with Gasteiger partial charge in [0.1, 0.15) is 23.3 Å². The Morgan fingerprint density at radius 1 is 1.15 bits per heavy atom. The smallest absolute Gasteiger partial charge is 0.338 e. The summed E-state index contributed by atoms with van der Waals surface area (Å²) in [4.78, 5) is 28.7. The minimum Gasteiger partial charge on any atom is -0.491 e. The highest BCUT2D eigenvalue weighted by molar-refractivity contribution is 7.80. The van der Waals surface area contributed by atoms with Gasteiger partial charge in [-0.25, -0.2) is 4.79 Å². The van der Waals surface area contributed by atoms with Gasteiger partial charge < -0.3 is 19.2 Å². The van der Waals surface area contributed by atoms with E-state index in [0.717, 1.165) is 5.56 Å². The zero-order valence-electron chi connectivity index (χ0n) is 23.0. The minimum atomic E-state index is -0.878. The van der Waals surface area contributed by atoms with Crippen molar-refractivity contribution in [3.8, 4) is 17.1 Å². The van der Waals surface area contributed by atoms with Crippen molar-refractivity contribution in [3.05, 3.63) is 93.9 Å². The Hall–Kier alpha value is -3.88. The highest BCUT2D eigenvalue weighted by Crippen LogP contribution is 2.40. The van der Waals surface area contributed by atoms with E-state index >= 15 is 0 Å². The van der Waals surface area contributed by atoms with Crippen molar-refractivity contribution >= 4 is 46.9 Å². The van der Waals surface area contributed by atoms with Gasteiger partial charge in [-0.2, -0.15) is 0 Å². The predicted octanol–water partition coefficient (Wildman–Crippen LogP) is 7.09. The Kier molecular flexibility index (Phi) is 9.12. The number of furan rings is 1. The van der Waals surface area contributed by atoms with Gasteiger partial charge in [-0.3, -0.25) is 9.69 Å². The minimum absolute atomic E-state index is 0.135. The van der Waals surface area contributed by atoms with Gasteiger partial charge >= 0.3 is 5.97 Å². The number of carbonyl (C=O) groups is 2. The van der Waals surface area contributed by atoms with E-state index < -0.39 is 17.9 Å². The number of allylic oxidation sites excluding steroid dienone is 1. The Balaban J connectivity index is 1.77. The first-order valence-corrected chi connectivity index (χ1v) is 13.7. The normalized spacial score (nSPS) is 15.8. The van der Waals surface area contributed by atoms with Crippen molar-refractivity contribution in [2.24, 2.45) is 0 Å². The standard InChI is InChI=1S/C31H31ClN2O5S/c1-6-37-30(36)27-20(5)33-31(40)34(28(27)24-12-7-8-13-26(24)38-18(2)3)29(35)19(4)16-23-14-15-25(39-23)21-10-9-11-22(32)17-21/h7-18,28H,6H2,1-5H3,(H,33,40)/b19-16+. The van der Waals surface area contributed by atoms with E-state index in [1.165, 1.54) is 4.90 Å². The van der Waals surface area contributed by atoms with Gasteiger partial charge in [0.05, 0.1) is 18.3 Å². The van der Waals surface area contributed by atoms with Crippen molar-refractivity contribution in [3.63, 3.8) is 0 Å². The monoisotopic (exact) mass is 578 g/mol. The maximum Gasteiger partial charge on any atom is 0.338 e. The quantitative estimate of drug-likeness (QED) is 0.174. The molecule has 0 saturated carbocycles. The van der Waals surface area contributed by atoms with Gasteiger partial charge in [0.15, 0.2) is 5.11 Å². The van der Waals surface area contributed by atoms with Gasteiger partial charge in [-0.1, -0.05) is 41.9 Å². The van der Waals surface area contributed by atoms with Crippen LogP contribution in [0.4, 0.5) is 0 Å². The number of para-hydroxylation sites is 1. The van der Waals surface area contributed by atoms with E-state index in [4.69, 9.17) is 37.7 Å². The SMILES string of the molecule is CCOC(=O)C1=C(C)NC(=S)N(C(=O)/C(C)=C/c2ccc(-c3cccc(Cl)c3)o2)C1c1ccccc1OC(C)C. The molecule has 0 aliphatic carbocycles. The summed E-state index contributed by atoms with van der Waals surface area (Å²) in [5.41, 5.74) is 2.57. The highest BCUT2D eigenvalue weighted by Gasteiger charge is 2.41. The van der Waals surface area contributed by atoms with Gasteiger partial charge in [-0.15, -0.1) is 0 Å². The van der Waals surface area contributed by atoms with E-state index in [-0.39, 0.29) is 23.4 Å². The molecule has 7 nitrogen and oxygen atoms in total. The highest BCUT2D eigenvalue weighted by atomic mass is 35.5. The second-order valence-electron chi connectivity index (χ2n) is 9.51. The lowest BCUT2D eigenvalue weighted by Gasteiger charge is -2.39. The van der Waals surface area contributed by atoms with E-state index in [1.54, 1.807) is 45.0 Å². The van der Waals surface area contributed by atoms with Crippen LogP contribution in [0.5, 0.6) is 5.75 Å². The molecule has 4 rings (SSSR count). The fraction of sp³-hybridized carbons (Fsp3) is 0.258. The molecular formula is C31H31ClN2O5S. The first-order valence-electron chi connectivity index (χ1n) is 12.9. The molecule has 0 spiro atoms. The van der Waals surface area contributed by atoms with Crippen LogP contribution in [0.3, 0.4) is 0 Å². The summed E-state index contributed by atoms with van der Waals surface area (Å²) >= 11 is 11.8. The number of ether oxygens (including phenoxy) is 2. The van der Waals surface area contributed by atoms with Gasteiger partial charge in [0.25, 0.3) is 5.91 Å². The number of halogens is 1. The first-order chi connectivity index (χ1) is 19.1. The molecule has 208 valence electrons. The summed E-state index contributed by atoms with van der Waals surface area (Å²) in [6, 6.07) is 17.3. The average molecular weight is 579 g/mol. The summed E-state index contributed by atoms with van der Waals surface area (Å²) in [5.74, 6) is 0.686. The van der Waals surface area contributed by atoms with Crippen LogP contribution in [0.25, 0.3) is 17.4 Å². The number of rotatable bonds is 8. The second kappa shape index (κ2) is 12.5. The molecule has 2 heterocycles. The third-order valence-corrected chi connectivity index (χ3v) is 6.71. The zero-order chi connectivity index (χ0) is 29.0. The number of thiocarbonyl (C=S) groups is 1. The number of benzene rings is 2. The van der Waals surface area contributed by atoms with Crippen LogP contribution in [-0.2, 0) is 14.3 Å². The molecule has 1 unspecified atom stereocenters. The maximum absolute atomic E-state index is 14.0. The zero-order valence-corrected chi connectivity index (χ0v) is 24.6.